The van der Waals surface area contributed by atoms with Crippen molar-refractivity contribution < 1.29 is 14.3 Å². The van der Waals surface area contributed by atoms with E-state index in [-0.39, 0.29) is 5.91 Å². The highest BCUT2D eigenvalue weighted by molar-refractivity contribution is 5.76. The van der Waals surface area contributed by atoms with Gasteiger partial charge in [0.15, 0.2) is 11.5 Å². The average Bonchev–Trinajstić information content (AvgIpc) is 2.93. The summed E-state index contributed by atoms with van der Waals surface area (Å²) in [7, 11) is 0. The third kappa shape index (κ3) is 3.66. The second-order valence-electron chi connectivity index (χ2n) is 7.26. The molecule has 2 saturated heterocycles. The fourth-order valence-corrected chi connectivity index (χ4v) is 4.27. The molecule has 0 aliphatic carbocycles. The van der Waals surface area contributed by atoms with Gasteiger partial charge in [-0.3, -0.25) is 4.79 Å². The summed E-state index contributed by atoms with van der Waals surface area (Å²) < 4.78 is 11.1. The van der Waals surface area contributed by atoms with Crippen LogP contribution in [0.15, 0.2) is 18.2 Å². The van der Waals surface area contributed by atoms with Crippen molar-refractivity contribution in [2.75, 3.05) is 19.8 Å². The van der Waals surface area contributed by atoms with Crippen LogP contribution in [0.2, 0.25) is 0 Å². The standard InChI is InChI=1S/C19H26N2O3/c22-19(12-14-9-15-2-3-16(10-14)21-15)20-6-5-13-1-4-17-18(11-13)24-8-7-23-17/h1,4,11,14-16,21H,2-3,5-10,12H2,(H,20,22). The average molecular weight is 330 g/mol. The number of fused-ring (bicyclic) bond motifs is 3. The lowest BCUT2D eigenvalue weighted by Gasteiger charge is -2.28. The molecular formula is C19H26N2O3. The van der Waals surface area contributed by atoms with Crippen LogP contribution < -0.4 is 20.1 Å². The number of hydrogen-bond donors (Lipinski definition) is 2. The Balaban J connectivity index is 1.21. The molecule has 1 aromatic rings. The molecule has 1 amide bonds. The summed E-state index contributed by atoms with van der Waals surface area (Å²) in [6.45, 7) is 1.89. The highest BCUT2D eigenvalue weighted by Gasteiger charge is 2.34. The maximum atomic E-state index is 12.2. The molecule has 5 nitrogen and oxygen atoms in total. The number of nitrogens with one attached hydrogen (secondary N) is 2. The monoisotopic (exact) mass is 330 g/mol. The van der Waals surface area contributed by atoms with Crippen molar-refractivity contribution in [1.82, 2.24) is 10.6 Å². The highest BCUT2D eigenvalue weighted by atomic mass is 16.6. The number of benzene rings is 1. The normalized spacial score (nSPS) is 27.8. The first-order valence-corrected chi connectivity index (χ1v) is 9.17. The van der Waals surface area contributed by atoms with Gasteiger partial charge in [-0.15, -0.1) is 0 Å². The van der Waals surface area contributed by atoms with E-state index in [1.165, 1.54) is 18.4 Å². The van der Waals surface area contributed by atoms with Gasteiger partial charge in [0.1, 0.15) is 13.2 Å². The Morgan fingerprint density at radius 3 is 2.67 bits per heavy atom. The van der Waals surface area contributed by atoms with E-state index < -0.39 is 0 Å². The van der Waals surface area contributed by atoms with Crippen molar-refractivity contribution in [1.29, 1.82) is 0 Å². The lowest BCUT2D eigenvalue weighted by atomic mass is 9.89. The van der Waals surface area contributed by atoms with E-state index in [0.29, 0.717) is 44.2 Å². The summed E-state index contributed by atoms with van der Waals surface area (Å²) >= 11 is 0. The number of ether oxygens (including phenoxy) is 2. The molecule has 5 heteroatoms. The quantitative estimate of drug-likeness (QED) is 0.867. The molecule has 0 saturated carbocycles. The summed E-state index contributed by atoms with van der Waals surface area (Å²) in [5.74, 6) is 2.38. The molecule has 2 unspecified atom stereocenters. The van der Waals surface area contributed by atoms with Gasteiger partial charge < -0.3 is 20.1 Å². The van der Waals surface area contributed by atoms with Crippen molar-refractivity contribution in [3.63, 3.8) is 0 Å². The van der Waals surface area contributed by atoms with Gasteiger partial charge in [-0.2, -0.15) is 0 Å². The first-order valence-electron chi connectivity index (χ1n) is 9.17. The Bertz CT molecular complexity index is 592. The van der Waals surface area contributed by atoms with Gasteiger partial charge in [-0.1, -0.05) is 6.07 Å². The summed E-state index contributed by atoms with van der Waals surface area (Å²) in [4.78, 5) is 12.2. The summed E-state index contributed by atoms with van der Waals surface area (Å²) in [5.41, 5.74) is 1.17. The molecule has 3 heterocycles. The molecule has 3 aliphatic rings. The molecule has 2 N–H and O–H groups in total. The van der Waals surface area contributed by atoms with Gasteiger partial charge in [0.2, 0.25) is 5.91 Å². The molecule has 0 spiro atoms. The SMILES string of the molecule is O=C(CC1CC2CCC(C1)N2)NCCc1ccc2c(c1)OCCO2. The zero-order valence-electron chi connectivity index (χ0n) is 14.1. The molecule has 0 radical (unpaired) electrons. The van der Waals surface area contributed by atoms with E-state index in [9.17, 15) is 4.79 Å². The van der Waals surface area contributed by atoms with Crippen LogP contribution in [-0.2, 0) is 11.2 Å². The number of amides is 1. The Hall–Kier alpha value is -1.75. The van der Waals surface area contributed by atoms with Crippen LogP contribution in [0.1, 0.15) is 37.7 Å². The minimum Gasteiger partial charge on any atom is -0.486 e. The summed E-state index contributed by atoms with van der Waals surface area (Å²) in [6, 6.07) is 7.32. The fourth-order valence-electron chi connectivity index (χ4n) is 4.27. The van der Waals surface area contributed by atoms with Gasteiger partial charge in [-0.05, 0) is 55.7 Å². The van der Waals surface area contributed by atoms with Gasteiger partial charge in [-0.25, -0.2) is 0 Å². The molecule has 4 rings (SSSR count). The molecule has 2 fully saturated rings. The summed E-state index contributed by atoms with van der Waals surface area (Å²) in [6.07, 6.45) is 6.38. The molecule has 2 bridgehead atoms. The van der Waals surface area contributed by atoms with E-state index in [4.69, 9.17) is 9.47 Å². The first kappa shape index (κ1) is 15.8. The first-order chi connectivity index (χ1) is 11.8. The van der Waals surface area contributed by atoms with Gasteiger partial charge in [0, 0.05) is 25.0 Å². The van der Waals surface area contributed by atoms with Gasteiger partial charge in [0.05, 0.1) is 0 Å². The fraction of sp³-hybridized carbons (Fsp3) is 0.632. The second kappa shape index (κ2) is 7.01. The zero-order chi connectivity index (χ0) is 16.4. The number of carbonyl (C=O) groups is 1. The van der Waals surface area contributed by atoms with Crippen molar-refractivity contribution in [3.05, 3.63) is 23.8 Å². The van der Waals surface area contributed by atoms with E-state index >= 15 is 0 Å². The third-order valence-corrected chi connectivity index (χ3v) is 5.39. The molecular weight excluding hydrogens is 304 g/mol. The van der Waals surface area contributed by atoms with Crippen LogP contribution in [-0.4, -0.2) is 37.7 Å². The van der Waals surface area contributed by atoms with Crippen LogP contribution in [0, 0.1) is 5.92 Å². The number of rotatable bonds is 5. The Morgan fingerprint density at radius 2 is 1.88 bits per heavy atom. The zero-order valence-corrected chi connectivity index (χ0v) is 14.1. The molecule has 24 heavy (non-hydrogen) atoms. The lowest BCUT2D eigenvalue weighted by molar-refractivity contribution is -0.122. The predicted octanol–water partition coefficient (Wildman–Crippen LogP) is 2.04. The molecule has 1 aromatic carbocycles. The van der Waals surface area contributed by atoms with E-state index in [1.54, 1.807) is 0 Å². The summed E-state index contributed by atoms with van der Waals surface area (Å²) in [5, 5.41) is 6.71. The van der Waals surface area contributed by atoms with Crippen LogP contribution in [0.5, 0.6) is 11.5 Å². The predicted molar refractivity (Wildman–Crippen MR) is 91.4 cm³/mol. The van der Waals surface area contributed by atoms with E-state index in [1.807, 2.05) is 18.2 Å². The number of carbonyl (C=O) groups excluding carboxylic acids is 1. The van der Waals surface area contributed by atoms with Crippen LogP contribution >= 0.6 is 0 Å². The maximum Gasteiger partial charge on any atom is 0.220 e. The van der Waals surface area contributed by atoms with Crippen molar-refractivity contribution in [2.45, 2.75) is 50.6 Å². The lowest BCUT2D eigenvalue weighted by Crippen LogP contribution is -2.39. The highest BCUT2D eigenvalue weighted by Crippen LogP contribution is 2.33. The van der Waals surface area contributed by atoms with Gasteiger partial charge >= 0.3 is 0 Å². The van der Waals surface area contributed by atoms with Crippen molar-refractivity contribution >= 4 is 5.91 Å². The minimum atomic E-state index is 0.193. The Labute approximate surface area is 143 Å². The topological polar surface area (TPSA) is 59.6 Å². The molecule has 2 atom stereocenters. The van der Waals surface area contributed by atoms with Crippen molar-refractivity contribution in [2.24, 2.45) is 5.92 Å². The van der Waals surface area contributed by atoms with Crippen LogP contribution in [0.3, 0.4) is 0 Å². The molecule has 3 aliphatic heterocycles. The van der Waals surface area contributed by atoms with Gasteiger partial charge in [0.25, 0.3) is 0 Å². The van der Waals surface area contributed by atoms with E-state index in [0.717, 1.165) is 30.8 Å². The smallest absolute Gasteiger partial charge is 0.220 e. The third-order valence-electron chi connectivity index (χ3n) is 5.39. The number of hydrogen-bond acceptors (Lipinski definition) is 4. The van der Waals surface area contributed by atoms with Crippen LogP contribution in [0.4, 0.5) is 0 Å². The Kier molecular flexibility index (Phi) is 4.60. The largest absolute Gasteiger partial charge is 0.486 e. The number of piperidine rings is 1. The van der Waals surface area contributed by atoms with E-state index in [2.05, 4.69) is 10.6 Å². The van der Waals surface area contributed by atoms with Crippen LogP contribution in [0.25, 0.3) is 0 Å². The van der Waals surface area contributed by atoms with Crippen molar-refractivity contribution in [3.8, 4) is 11.5 Å². The second-order valence-corrected chi connectivity index (χ2v) is 7.26. The molecule has 130 valence electrons. The minimum absolute atomic E-state index is 0.193. The maximum absolute atomic E-state index is 12.2. The molecule has 0 aromatic heterocycles. The Morgan fingerprint density at radius 1 is 1.12 bits per heavy atom.